The summed E-state index contributed by atoms with van der Waals surface area (Å²) in [6.45, 7) is 4.76. The summed E-state index contributed by atoms with van der Waals surface area (Å²) in [7, 11) is 0. The second-order valence-electron chi connectivity index (χ2n) is 3.35. The summed E-state index contributed by atoms with van der Waals surface area (Å²) < 4.78 is 10.8. The minimum Gasteiger partial charge on any atom is -0.468 e. The summed E-state index contributed by atoms with van der Waals surface area (Å²) in [6, 6.07) is 2.01. The topological polar surface area (TPSA) is 34.4 Å². The average Bonchev–Trinajstić information content (AvgIpc) is 2.63. The number of rotatable bonds is 3. The molecule has 0 saturated carbocycles. The van der Waals surface area contributed by atoms with Crippen LogP contribution in [-0.4, -0.2) is 31.6 Å². The Morgan fingerprint density at radius 1 is 1.64 bits per heavy atom. The van der Waals surface area contributed by atoms with Crippen LogP contribution < -0.4 is 5.32 Å². The molecule has 1 aromatic heterocycles. The molecule has 1 unspecified atom stereocenters. The van der Waals surface area contributed by atoms with E-state index in [0.29, 0.717) is 6.10 Å². The van der Waals surface area contributed by atoms with Gasteiger partial charge in [-0.2, -0.15) is 0 Å². The Morgan fingerprint density at radius 3 is 3.21 bits per heavy atom. The van der Waals surface area contributed by atoms with Crippen molar-refractivity contribution >= 4 is 11.8 Å². The van der Waals surface area contributed by atoms with Crippen molar-refractivity contribution in [2.24, 2.45) is 0 Å². The van der Waals surface area contributed by atoms with Gasteiger partial charge in [-0.1, -0.05) is 0 Å². The molecule has 1 fully saturated rings. The monoisotopic (exact) mass is 213 g/mol. The van der Waals surface area contributed by atoms with E-state index in [1.807, 2.05) is 13.0 Å². The Kier molecular flexibility index (Phi) is 3.50. The lowest BCUT2D eigenvalue weighted by Crippen LogP contribution is -2.39. The van der Waals surface area contributed by atoms with Gasteiger partial charge in [-0.15, -0.1) is 11.8 Å². The maximum atomic E-state index is 5.60. The molecule has 3 nitrogen and oxygen atoms in total. The first-order chi connectivity index (χ1) is 6.86. The van der Waals surface area contributed by atoms with Gasteiger partial charge >= 0.3 is 0 Å². The minimum atomic E-state index is 0.336. The van der Waals surface area contributed by atoms with E-state index in [4.69, 9.17) is 9.15 Å². The molecule has 2 heterocycles. The first-order valence-electron chi connectivity index (χ1n) is 4.85. The third-order valence-electron chi connectivity index (χ3n) is 2.24. The van der Waals surface area contributed by atoms with Crippen molar-refractivity contribution in [1.29, 1.82) is 0 Å². The van der Waals surface area contributed by atoms with Crippen LogP contribution in [0.5, 0.6) is 0 Å². The van der Waals surface area contributed by atoms with Gasteiger partial charge in [0.15, 0.2) is 0 Å². The minimum absolute atomic E-state index is 0.336. The van der Waals surface area contributed by atoms with Crippen molar-refractivity contribution in [2.75, 3.05) is 25.4 Å². The fraction of sp³-hybridized carbons (Fsp3) is 0.600. The Labute approximate surface area is 88.2 Å². The number of nitrogens with one attached hydrogen (secondary N) is 1. The van der Waals surface area contributed by atoms with E-state index in [1.54, 1.807) is 18.0 Å². The molecular weight excluding hydrogens is 198 g/mol. The number of hydrogen-bond donors (Lipinski definition) is 1. The molecule has 0 radical (unpaired) electrons. The summed E-state index contributed by atoms with van der Waals surface area (Å²) in [5.41, 5.74) is 0. The third-order valence-corrected chi connectivity index (χ3v) is 3.51. The zero-order valence-electron chi connectivity index (χ0n) is 8.29. The van der Waals surface area contributed by atoms with Gasteiger partial charge in [0.1, 0.15) is 5.76 Å². The first-order valence-corrected chi connectivity index (χ1v) is 5.84. The summed E-state index contributed by atoms with van der Waals surface area (Å²) in [6.07, 6.45) is 2.07. The van der Waals surface area contributed by atoms with Gasteiger partial charge in [-0.25, -0.2) is 0 Å². The summed E-state index contributed by atoms with van der Waals surface area (Å²) in [5, 5.41) is 3.32. The van der Waals surface area contributed by atoms with Crippen molar-refractivity contribution < 1.29 is 9.15 Å². The van der Waals surface area contributed by atoms with Crippen molar-refractivity contribution in [2.45, 2.75) is 17.9 Å². The normalized spacial score (nSPS) is 22.5. The van der Waals surface area contributed by atoms with Gasteiger partial charge < -0.3 is 14.5 Å². The number of furan rings is 1. The number of thioether (sulfide) groups is 1. The van der Waals surface area contributed by atoms with Crippen LogP contribution >= 0.6 is 11.8 Å². The second-order valence-corrected chi connectivity index (χ2v) is 4.41. The van der Waals surface area contributed by atoms with E-state index in [0.717, 1.165) is 31.2 Å². The van der Waals surface area contributed by atoms with E-state index >= 15 is 0 Å². The molecule has 78 valence electrons. The quantitative estimate of drug-likeness (QED) is 0.775. The van der Waals surface area contributed by atoms with Gasteiger partial charge in [-0.3, -0.25) is 0 Å². The number of morpholine rings is 1. The fourth-order valence-electron chi connectivity index (χ4n) is 1.43. The van der Waals surface area contributed by atoms with Crippen LogP contribution in [0.2, 0.25) is 0 Å². The standard InChI is InChI=1S/C10H15NO2S/c1-8-10(2-4-12-8)14-7-9-6-11-3-5-13-9/h2,4,9,11H,3,5-7H2,1H3. The highest BCUT2D eigenvalue weighted by Gasteiger charge is 2.14. The van der Waals surface area contributed by atoms with E-state index in [9.17, 15) is 0 Å². The van der Waals surface area contributed by atoms with Crippen LogP contribution in [-0.2, 0) is 4.74 Å². The molecule has 1 aromatic rings. The van der Waals surface area contributed by atoms with Crippen molar-refractivity contribution in [3.63, 3.8) is 0 Å². The molecule has 1 N–H and O–H groups in total. The number of aryl methyl sites for hydroxylation is 1. The SMILES string of the molecule is Cc1occc1SCC1CNCCO1. The first kappa shape index (κ1) is 10.1. The Bertz CT molecular complexity index is 281. The highest BCUT2D eigenvalue weighted by atomic mass is 32.2. The average molecular weight is 213 g/mol. The van der Waals surface area contributed by atoms with Crippen LogP contribution in [0, 0.1) is 6.92 Å². The molecule has 0 aromatic carbocycles. The van der Waals surface area contributed by atoms with Crippen molar-refractivity contribution in [1.82, 2.24) is 5.32 Å². The Hall–Kier alpha value is -0.450. The van der Waals surface area contributed by atoms with E-state index in [-0.39, 0.29) is 0 Å². The van der Waals surface area contributed by atoms with Crippen molar-refractivity contribution in [3.8, 4) is 0 Å². The van der Waals surface area contributed by atoms with Gasteiger partial charge in [-0.05, 0) is 13.0 Å². The van der Waals surface area contributed by atoms with Gasteiger partial charge in [0.25, 0.3) is 0 Å². The predicted octanol–water partition coefficient (Wildman–Crippen LogP) is 1.67. The third kappa shape index (κ3) is 2.53. The molecular formula is C10H15NO2S. The molecule has 14 heavy (non-hydrogen) atoms. The molecule has 4 heteroatoms. The molecule has 1 atom stereocenters. The molecule has 0 amide bonds. The van der Waals surface area contributed by atoms with Gasteiger partial charge in [0.2, 0.25) is 0 Å². The molecule has 1 aliphatic heterocycles. The predicted molar refractivity (Wildman–Crippen MR) is 56.8 cm³/mol. The van der Waals surface area contributed by atoms with Gasteiger partial charge in [0, 0.05) is 23.7 Å². The number of ether oxygens (including phenoxy) is 1. The zero-order valence-corrected chi connectivity index (χ0v) is 9.10. The molecule has 2 rings (SSSR count). The fourth-order valence-corrected chi connectivity index (χ4v) is 2.42. The summed E-state index contributed by atoms with van der Waals surface area (Å²) in [4.78, 5) is 1.22. The van der Waals surface area contributed by atoms with E-state index in [1.165, 1.54) is 4.90 Å². The van der Waals surface area contributed by atoms with E-state index in [2.05, 4.69) is 5.32 Å². The lowest BCUT2D eigenvalue weighted by atomic mass is 10.3. The lowest BCUT2D eigenvalue weighted by Gasteiger charge is -2.22. The summed E-state index contributed by atoms with van der Waals surface area (Å²) >= 11 is 1.80. The Balaban J connectivity index is 1.79. The van der Waals surface area contributed by atoms with Crippen LogP contribution in [0.4, 0.5) is 0 Å². The summed E-state index contributed by atoms with van der Waals surface area (Å²) in [5.74, 6) is 1.99. The molecule has 0 bridgehead atoms. The maximum Gasteiger partial charge on any atom is 0.114 e. The molecule has 1 saturated heterocycles. The Morgan fingerprint density at radius 2 is 2.57 bits per heavy atom. The number of hydrogen-bond acceptors (Lipinski definition) is 4. The molecule has 1 aliphatic rings. The highest BCUT2D eigenvalue weighted by molar-refractivity contribution is 7.99. The van der Waals surface area contributed by atoms with E-state index < -0.39 is 0 Å². The largest absolute Gasteiger partial charge is 0.468 e. The smallest absolute Gasteiger partial charge is 0.114 e. The van der Waals surface area contributed by atoms with Crippen LogP contribution in [0.1, 0.15) is 5.76 Å². The van der Waals surface area contributed by atoms with Crippen molar-refractivity contribution in [3.05, 3.63) is 18.1 Å². The maximum absolute atomic E-state index is 5.60. The van der Waals surface area contributed by atoms with Crippen LogP contribution in [0.3, 0.4) is 0 Å². The van der Waals surface area contributed by atoms with Crippen LogP contribution in [0.15, 0.2) is 21.6 Å². The van der Waals surface area contributed by atoms with Gasteiger partial charge in [0.05, 0.1) is 19.0 Å². The highest BCUT2D eigenvalue weighted by Crippen LogP contribution is 2.24. The lowest BCUT2D eigenvalue weighted by molar-refractivity contribution is 0.0441. The molecule has 0 spiro atoms. The molecule has 0 aliphatic carbocycles. The second kappa shape index (κ2) is 4.87. The van der Waals surface area contributed by atoms with Crippen LogP contribution in [0.25, 0.3) is 0 Å². The zero-order chi connectivity index (χ0) is 9.80.